The first kappa shape index (κ1) is 20.7. The number of carbonyl (C=O) groups excluding carboxylic acids is 1. The van der Waals surface area contributed by atoms with Crippen molar-refractivity contribution in [2.24, 2.45) is 0 Å². The van der Waals surface area contributed by atoms with Crippen LogP contribution in [0.3, 0.4) is 0 Å². The summed E-state index contributed by atoms with van der Waals surface area (Å²) < 4.78 is 5.56. The third-order valence-electron chi connectivity index (χ3n) is 4.81. The molecule has 0 bridgehead atoms. The summed E-state index contributed by atoms with van der Waals surface area (Å²) >= 11 is 3.49. The highest BCUT2D eigenvalue weighted by molar-refractivity contribution is 7.99. The molecular formula is C21H23N5O2S2. The van der Waals surface area contributed by atoms with E-state index in [0.29, 0.717) is 24.1 Å². The van der Waals surface area contributed by atoms with Crippen LogP contribution in [0.25, 0.3) is 0 Å². The second kappa shape index (κ2) is 10.5. The van der Waals surface area contributed by atoms with Crippen LogP contribution >= 0.6 is 23.5 Å². The zero-order chi connectivity index (χ0) is 20.6. The molecular weight excluding hydrogens is 418 g/mol. The summed E-state index contributed by atoms with van der Waals surface area (Å²) in [5.74, 6) is 1.58. The van der Waals surface area contributed by atoms with Crippen molar-refractivity contribution in [3.63, 3.8) is 0 Å². The summed E-state index contributed by atoms with van der Waals surface area (Å²) in [6.45, 7) is 1.38. The SMILES string of the molecule is O=C(Oc1ccc(CCSc2ccncc2)cc1)N1CCC(Sc2ncn[nH]2)CC1. The molecule has 1 aliphatic heterocycles. The molecule has 0 unspecified atom stereocenters. The van der Waals surface area contributed by atoms with Gasteiger partial charge in [-0.25, -0.2) is 9.78 Å². The largest absolute Gasteiger partial charge is 0.415 e. The van der Waals surface area contributed by atoms with Crippen molar-refractivity contribution in [1.29, 1.82) is 0 Å². The predicted octanol–water partition coefficient (Wildman–Crippen LogP) is 4.29. The third-order valence-corrected chi connectivity index (χ3v) is 7.05. The first-order valence-corrected chi connectivity index (χ1v) is 11.7. The van der Waals surface area contributed by atoms with Crippen molar-refractivity contribution < 1.29 is 9.53 Å². The number of amides is 1. The maximum atomic E-state index is 12.5. The van der Waals surface area contributed by atoms with Gasteiger partial charge in [0.1, 0.15) is 12.1 Å². The maximum absolute atomic E-state index is 12.5. The Hall–Kier alpha value is -2.52. The van der Waals surface area contributed by atoms with Gasteiger partial charge in [0, 0.05) is 41.4 Å². The van der Waals surface area contributed by atoms with Gasteiger partial charge >= 0.3 is 6.09 Å². The molecule has 1 N–H and O–H groups in total. The lowest BCUT2D eigenvalue weighted by atomic mass is 10.1. The molecule has 1 aliphatic rings. The molecule has 9 heteroatoms. The van der Waals surface area contributed by atoms with Crippen LogP contribution in [0.5, 0.6) is 5.75 Å². The summed E-state index contributed by atoms with van der Waals surface area (Å²) in [4.78, 5) is 23.6. The van der Waals surface area contributed by atoms with Gasteiger partial charge in [-0.3, -0.25) is 10.1 Å². The van der Waals surface area contributed by atoms with Gasteiger partial charge in [0.15, 0.2) is 5.16 Å². The topological polar surface area (TPSA) is 84.0 Å². The second-order valence-corrected chi connectivity index (χ2v) is 9.35. The molecule has 0 atom stereocenters. The number of aromatic amines is 1. The molecule has 3 aromatic rings. The van der Waals surface area contributed by atoms with E-state index < -0.39 is 0 Å². The van der Waals surface area contributed by atoms with Crippen LogP contribution < -0.4 is 4.74 Å². The van der Waals surface area contributed by atoms with E-state index in [2.05, 4.69) is 20.2 Å². The number of benzene rings is 1. The molecule has 4 rings (SSSR count). The first-order chi connectivity index (χ1) is 14.8. The van der Waals surface area contributed by atoms with E-state index in [0.717, 1.165) is 30.2 Å². The number of H-pyrrole nitrogens is 1. The van der Waals surface area contributed by atoms with E-state index in [1.165, 1.54) is 16.8 Å². The Morgan fingerprint density at radius 2 is 1.90 bits per heavy atom. The van der Waals surface area contributed by atoms with E-state index in [9.17, 15) is 4.79 Å². The normalized spacial score (nSPS) is 14.6. The number of thioether (sulfide) groups is 2. The fourth-order valence-corrected chi connectivity index (χ4v) is 5.04. The number of carbonyl (C=O) groups is 1. The second-order valence-electron chi connectivity index (χ2n) is 6.89. The Morgan fingerprint density at radius 3 is 2.60 bits per heavy atom. The maximum Gasteiger partial charge on any atom is 0.415 e. The van der Waals surface area contributed by atoms with Crippen LogP contribution in [0.1, 0.15) is 18.4 Å². The fourth-order valence-electron chi connectivity index (χ4n) is 3.18. The predicted molar refractivity (Wildman–Crippen MR) is 118 cm³/mol. The van der Waals surface area contributed by atoms with Gasteiger partial charge in [0.25, 0.3) is 0 Å². The number of rotatable bonds is 7. The molecule has 0 spiro atoms. The molecule has 1 amide bonds. The Morgan fingerprint density at radius 1 is 1.13 bits per heavy atom. The van der Waals surface area contributed by atoms with Gasteiger partial charge in [-0.15, -0.1) is 11.8 Å². The molecule has 1 fully saturated rings. The van der Waals surface area contributed by atoms with Crippen molar-refractivity contribution >= 4 is 29.6 Å². The van der Waals surface area contributed by atoms with Gasteiger partial charge in [-0.2, -0.15) is 5.10 Å². The lowest BCUT2D eigenvalue weighted by Gasteiger charge is -2.30. The average Bonchev–Trinajstić information content (AvgIpc) is 3.29. The molecule has 0 aliphatic carbocycles. The minimum absolute atomic E-state index is 0.279. The lowest BCUT2D eigenvalue weighted by molar-refractivity contribution is 0.143. The summed E-state index contributed by atoms with van der Waals surface area (Å²) in [5, 5.41) is 8.00. The van der Waals surface area contributed by atoms with Crippen LogP contribution in [-0.2, 0) is 6.42 Å². The number of likely N-dealkylation sites (tertiary alicyclic amines) is 1. The monoisotopic (exact) mass is 441 g/mol. The van der Waals surface area contributed by atoms with E-state index >= 15 is 0 Å². The number of nitrogens with zero attached hydrogens (tertiary/aromatic N) is 4. The molecule has 30 heavy (non-hydrogen) atoms. The zero-order valence-corrected chi connectivity index (χ0v) is 18.1. The standard InChI is InChI=1S/C21H23N5O2S2/c27-21(26-12-7-19(8-13-26)30-20-23-15-24-25-20)28-17-3-1-16(2-4-17)9-14-29-18-5-10-22-11-6-18/h1-6,10-11,15,19H,7-9,12-14H2,(H,23,24,25). The smallest absolute Gasteiger partial charge is 0.410 e. The molecule has 156 valence electrons. The van der Waals surface area contributed by atoms with E-state index in [1.54, 1.807) is 28.4 Å². The van der Waals surface area contributed by atoms with Crippen molar-refractivity contribution in [3.8, 4) is 5.75 Å². The number of aryl methyl sites for hydroxylation is 1. The van der Waals surface area contributed by atoms with Gasteiger partial charge in [0.2, 0.25) is 0 Å². The van der Waals surface area contributed by atoms with E-state index in [4.69, 9.17) is 4.74 Å². The van der Waals surface area contributed by atoms with Crippen molar-refractivity contribution in [2.75, 3.05) is 18.8 Å². The Kier molecular flexibility index (Phi) is 7.25. The molecule has 7 nitrogen and oxygen atoms in total. The van der Waals surface area contributed by atoms with Gasteiger partial charge < -0.3 is 9.64 Å². The van der Waals surface area contributed by atoms with Crippen LogP contribution in [0.4, 0.5) is 4.79 Å². The van der Waals surface area contributed by atoms with Crippen LogP contribution in [0.2, 0.25) is 0 Å². The van der Waals surface area contributed by atoms with Gasteiger partial charge in [0.05, 0.1) is 0 Å². The summed E-state index contributed by atoms with van der Waals surface area (Å²) in [7, 11) is 0. The highest BCUT2D eigenvalue weighted by Gasteiger charge is 2.25. The Labute approximate surface area is 184 Å². The van der Waals surface area contributed by atoms with Gasteiger partial charge in [-0.1, -0.05) is 23.9 Å². The molecule has 2 aromatic heterocycles. The summed E-state index contributed by atoms with van der Waals surface area (Å²) in [6, 6.07) is 11.8. The number of hydrogen-bond acceptors (Lipinski definition) is 7. The van der Waals surface area contributed by atoms with E-state index in [-0.39, 0.29) is 6.09 Å². The summed E-state index contributed by atoms with van der Waals surface area (Å²) in [6.07, 6.45) is 7.63. The van der Waals surface area contributed by atoms with Crippen molar-refractivity contribution in [2.45, 2.75) is 34.6 Å². The lowest BCUT2D eigenvalue weighted by Crippen LogP contribution is -2.40. The summed E-state index contributed by atoms with van der Waals surface area (Å²) in [5.41, 5.74) is 1.22. The van der Waals surface area contributed by atoms with Crippen LogP contribution in [-0.4, -0.2) is 55.3 Å². The number of hydrogen-bond donors (Lipinski definition) is 1. The molecule has 3 heterocycles. The van der Waals surface area contributed by atoms with Crippen molar-refractivity contribution in [3.05, 3.63) is 60.7 Å². The molecule has 1 saturated heterocycles. The number of pyridine rings is 1. The third kappa shape index (κ3) is 5.99. The molecule has 0 saturated carbocycles. The number of aromatic nitrogens is 4. The fraction of sp³-hybridized carbons (Fsp3) is 0.333. The van der Waals surface area contributed by atoms with E-state index in [1.807, 2.05) is 48.8 Å². The quantitative estimate of drug-likeness (QED) is 0.548. The highest BCUT2D eigenvalue weighted by atomic mass is 32.2. The molecule has 1 aromatic carbocycles. The van der Waals surface area contributed by atoms with Crippen molar-refractivity contribution in [1.82, 2.24) is 25.1 Å². The van der Waals surface area contributed by atoms with Gasteiger partial charge in [-0.05, 0) is 49.1 Å². The molecule has 0 radical (unpaired) electrons. The minimum atomic E-state index is -0.279. The first-order valence-electron chi connectivity index (χ1n) is 9.87. The van der Waals surface area contributed by atoms with Crippen LogP contribution in [0, 0.1) is 0 Å². The Balaban J connectivity index is 1.19. The Bertz CT molecular complexity index is 914. The van der Waals surface area contributed by atoms with Crippen LogP contribution in [0.15, 0.2) is 65.2 Å². The number of nitrogens with one attached hydrogen (secondary N) is 1. The number of piperidine rings is 1. The zero-order valence-electron chi connectivity index (χ0n) is 16.4. The minimum Gasteiger partial charge on any atom is -0.410 e. The average molecular weight is 442 g/mol. The number of ether oxygens (including phenoxy) is 1. The highest BCUT2D eigenvalue weighted by Crippen LogP contribution is 2.28.